The molecule has 0 aliphatic heterocycles. The Morgan fingerprint density at radius 2 is 1.85 bits per heavy atom. The second-order valence-electron chi connectivity index (χ2n) is 4.69. The van der Waals surface area contributed by atoms with E-state index < -0.39 is 0 Å². The first kappa shape index (κ1) is 14.5. The predicted molar refractivity (Wildman–Crippen MR) is 80.5 cm³/mol. The molecule has 0 saturated carbocycles. The number of nitrogens with one attached hydrogen (secondary N) is 1. The maximum absolute atomic E-state index is 14.2. The molecule has 1 atom stereocenters. The molecule has 3 heteroatoms. The van der Waals surface area contributed by atoms with Gasteiger partial charge in [-0.1, -0.05) is 43.3 Å². The SMILES string of the molecule is CCC(NC)c1ccc(-c2cccc(OC)c2F)cc1. The summed E-state index contributed by atoms with van der Waals surface area (Å²) in [5.74, 6) is -0.0448. The normalized spacial score (nSPS) is 12.2. The Kier molecular flexibility index (Phi) is 4.74. The maximum atomic E-state index is 14.2. The van der Waals surface area contributed by atoms with Crippen molar-refractivity contribution >= 4 is 0 Å². The van der Waals surface area contributed by atoms with Gasteiger partial charge in [0.1, 0.15) is 0 Å². The standard InChI is InChI=1S/C17H20FNO/c1-4-15(19-2)13-10-8-12(9-11-13)14-6-5-7-16(20-3)17(14)18/h5-11,15,19H,4H2,1-3H3. The van der Waals surface area contributed by atoms with E-state index in [0.29, 0.717) is 11.6 Å². The molecule has 0 spiro atoms. The van der Waals surface area contributed by atoms with Crippen LogP contribution in [0.25, 0.3) is 11.1 Å². The van der Waals surface area contributed by atoms with E-state index in [2.05, 4.69) is 12.2 Å². The third kappa shape index (κ3) is 2.83. The van der Waals surface area contributed by atoms with Crippen molar-refractivity contribution in [3.8, 4) is 16.9 Å². The molecule has 2 rings (SSSR count). The molecule has 2 nitrogen and oxygen atoms in total. The molecule has 0 bridgehead atoms. The largest absolute Gasteiger partial charge is 0.494 e. The second-order valence-corrected chi connectivity index (χ2v) is 4.69. The lowest BCUT2D eigenvalue weighted by atomic mass is 9.99. The molecule has 0 aliphatic carbocycles. The number of hydrogen-bond donors (Lipinski definition) is 1. The van der Waals surface area contributed by atoms with Gasteiger partial charge in [-0.2, -0.15) is 0 Å². The molecule has 1 N–H and O–H groups in total. The van der Waals surface area contributed by atoms with Crippen LogP contribution < -0.4 is 10.1 Å². The molecule has 0 saturated heterocycles. The molecule has 0 fully saturated rings. The van der Waals surface area contributed by atoms with Crippen molar-refractivity contribution in [1.82, 2.24) is 5.32 Å². The first-order valence-corrected chi connectivity index (χ1v) is 6.81. The molecule has 2 aromatic rings. The summed E-state index contributed by atoms with van der Waals surface area (Å²) in [7, 11) is 3.42. The van der Waals surface area contributed by atoms with E-state index in [9.17, 15) is 4.39 Å². The molecular formula is C17H20FNO. The number of ether oxygens (including phenoxy) is 1. The summed E-state index contributed by atoms with van der Waals surface area (Å²) in [5, 5.41) is 3.26. The first-order valence-electron chi connectivity index (χ1n) is 6.81. The minimum atomic E-state index is -0.316. The lowest BCUT2D eigenvalue weighted by Crippen LogP contribution is -2.14. The average Bonchev–Trinajstić information content (AvgIpc) is 2.50. The summed E-state index contributed by atoms with van der Waals surface area (Å²) in [6.07, 6.45) is 1.02. The van der Waals surface area contributed by atoms with Crippen molar-refractivity contribution in [2.75, 3.05) is 14.2 Å². The van der Waals surface area contributed by atoms with Gasteiger partial charge in [0.05, 0.1) is 7.11 Å². The van der Waals surface area contributed by atoms with Gasteiger partial charge in [0.25, 0.3) is 0 Å². The monoisotopic (exact) mass is 273 g/mol. The van der Waals surface area contributed by atoms with Gasteiger partial charge < -0.3 is 10.1 Å². The topological polar surface area (TPSA) is 21.3 Å². The van der Waals surface area contributed by atoms with E-state index in [-0.39, 0.29) is 11.6 Å². The van der Waals surface area contributed by atoms with Gasteiger partial charge in [-0.15, -0.1) is 0 Å². The van der Waals surface area contributed by atoms with Crippen LogP contribution in [-0.2, 0) is 0 Å². The van der Waals surface area contributed by atoms with E-state index in [4.69, 9.17) is 4.74 Å². The number of benzene rings is 2. The van der Waals surface area contributed by atoms with Gasteiger partial charge in [-0.05, 0) is 30.7 Å². The van der Waals surface area contributed by atoms with Crippen molar-refractivity contribution in [1.29, 1.82) is 0 Å². The zero-order valence-electron chi connectivity index (χ0n) is 12.1. The fourth-order valence-electron chi connectivity index (χ4n) is 2.39. The van der Waals surface area contributed by atoms with Crippen LogP contribution in [-0.4, -0.2) is 14.2 Å². The number of hydrogen-bond acceptors (Lipinski definition) is 2. The van der Waals surface area contributed by atoms with Gasteiger partial charge >= 0.3 is 0 Å². The highest BCUT2D eigenvalue weighted by Crippen LogP contribution is 2.29. The van der Waals surface area contributed by atoms with E-state index in [1.165, 1.54) is 12.7 Å². The van der Waals surface area contributed by atoms with Gasteiger partial charge in [0.15, 0.2) is 11.6 Å². The van der Waals surface area contributed by atoms with Crippen molar-refractivity contribution in [3.05, 3.63) is 53.8 Å². The van der Waals surface area contributed by atoms with Gasteiger partial charge in [0.2, 0.25) is 0 Å². The Morgan fingerprint density at radius 3 is 2.40 bits per heavy atom. The Balaban J connectivity index is 2.35. The quantitative estimate of drug-likeness (QED) is 0.882. The van der Waals surface area contributed by atoms with E-state index in [0.717, 1.165) is 12.0 Å². The van der Waals surface area contributed by atoms with Crippen LogP contribution in [0, 0.1) is 5.82 Å². The summed E-state index contributed by atoms with van der Waals surface area (Å²) in [6, 6.07) is 13.5. The molecule has 0 radical (unpaired) electrons. The van der Waals surface area contributed by atoms with Crippen LogP contribution in [0.15, 0.2) is 42.5 Å². The smallest absolute Gasteiger partial charge is 0.172 e. The Labute approximate surface area is 119 Å². The Bertz CT molecular complexity index is 562. The van der Waals surface area contributed by atoms with Crippen molar-refractivity contribution in [2.24, 2.45) is 0 Å². The van der Waals surface area contributed by atoms with E-state index in [1.807, 2.05) is 31.3 Å². The average molecular weight is 273 g/mol. The highest BCUT2D eigenvalue weighted by atomic mass is 19.1. The summed E-state index contributed by atoms with van der Waals surface area (Å²) in [6.45, 7) is 2.14. The van der Waals surface area contributed by atoms with Crippen LogP contribution in [0.1, 0.15) is 24.9 Å². The van der Waals surface area contributed by atoms with Gasteiger partial charge in [0, 0.05) is 11.6 Å². The van der Waals surface area contributed by atoms with Gasteiger partial charge in [-0.3, -0.25) is 0 Å². The summed E-state index contributed by atoms with van der Waals surface area (Å²) < 4.78 is 19.2. The maximum Gasteiger partial charge on any atom is 0.172 e. The number of rotatable bonds is 5. The molecule has 20 heavy (non-hydrogen) atoms. The molecule has 0 aliphatic rings. The van der Waals surface area contributed by atoms with Crippen LogP contribution in [0.5, 0.6) is 5.75 Å². The van der Waals surface area contributed by atoms with Crippen molar-refractivity contribution in [3.63, 3.8) is 0 Å². The fourth-order valence-corrected chi connectivity index (χ4v) is 2.39. The third-order valence-electron chi connectivity index (χ3n) is 3.56. The minimum Gasteiger partial charge on any atom is -0.494 e. The fraction of sp³-hybridized carbons (Fsp3) is 0.294. The molecule has 106 valence electrons. The Hall–Kier alpha value is -1.87. The minimum absolute atomic E-state index is 0.272. The first-order chi connectivity index (χ1) is 9.71. The van der Waals surface area contributed by atoms with Crippen molar-refractivity contribution in [2.45, 2.75) is 19.4 Å². The van der Waals surface area contributed by atoms with E-state index >= 15 is 0 Å². The van der Waals surface area contributed by atoms with Crippen LogP contribution >= 0.6 is 0 Å². The molecule has 0 aromatic heterocycles. The van der Waals surface area contributed by atoms with Crippen LogP contribution in [0.3, 0.4) is 0 Å². The molecule has 2 aromatic carbocycles. The van der Waals surface area contributed by atoms with Crippen LogP contribution in [0.2, 0.25) is 0 Å². The second kappa shape index (κ2) is 6.53. The lowest BCUT2D eigenvalue weighted by Gasteiger charge is -2.15. The molecule has 0 heterocycles. The Morgan fingerprint density at radius 1 is 1.15 bits per heavy atom. The predicted octanol–water partition coefficient (Wildman–Crippen LogP) is 4.17. The molecular weight excluding hydrogens is 253 g/mol. The summed E-state index contributed by atoms with van der Waals surface area (Å²) >= 11 is 0. The molecule has 1 unspecified atom stereocenters. The van der Waals surface area contributed by atoms with Crippen molar-refractivity contribution < 1.29 is 9.13 Å². The van der Waals surface area contributed by atoms with Gasteiger partial charge in [-0.25, -0.2) is 4.39 Å². The summed E-state index contributed by atoms with van der Waals surface area (Å²) in [4.78, 5) is 0. The molecule has 0 amide bonds. The number of methoxy groups -OCH3 is 1. The highest BCUT2D eigenvalue weighted by Gasteiger charge is 2.11. The van der Waals surface area contributed by atoms with E-state index in [1.54, 1.807) is 18.2 Å². The zero-order valence-corrected chi connectivity index (χ0v) is 12.1. The third-order valence-corrected chi connectivity index (χ3v) is 3.56. The lowest BCUT2D eigenvalue weighted by molar-refractivity contribution is 0.387. The number of halogens is 1. The zero-order chi connectivity index (χ0) is 14.5. The highest BCUT2D eigenvalue weighted by molar-refractivity contribution is 5.66. The summed E-state index contributed by atoms with van der Waals surface area (Å²) in [5.41, 5.74) is 2.63. The van der Waals surface area contributed by atoms with Crippen LogP contribution in [0.4, 0.5) is 4.39 Å².